The van der Waals surface area contributed by atoms with Gasteiger partial charge in [0.2, 0.25) is 0 Å². The molecule has 8 heteroatoms. The Kier molecular flexibility index (Phi) is 5.26. The number of para-hydroxylation sites is 1. The Balaban J connectivity index is 1.40. The van der Waals surface area contributed by atoms with Crippen molar-refractivity contribution in [2.75, 3.05) is 17.2 Å². The number of ether oxygens (including phenoxy) is 1. The van der Waals surface area contributed by atoms with E-state index in [1.807, 2.05) is 31.2 Å². The Labute approximate surface area is 170 Å². The fourth-order valence-corrected chi connectivity index (χ4v) is 3.58. The quantitative estimate of drug-likeness (QED) is 0.492. The van der Waals surface area contributed by atoms with Gasteiger partial charge in [-0.15, -0.1) is 0 Å². The Bertz CT molecular complexity index is 1170. The van der Waals surface area contributed by atoms with Crippen molar-refractivity contribution in [3.63, 3.8) is 0 Å². The number of benzene rings is 2. The summed E-state index contributed by atoms with van der Waals surface area (Å²) in [6, 6.07) is 16.1. The van der Waals surface area contributed by atoms with Crippen LogP contribution < -0.4 is 15.4 Å². The maximum Gasteiger partial charge on any atom is 0.293 e. The molecule has 4 aromatic rings. The van der Waals surface area contributed by atoms with Gasteiger partial charge in [0, 0.05) is 5.69 Å². The van der Waals surface area contributed by atoms with Gasteiger partial charge in [-0.25, -0.2) is 4.98 Å². The third-order valence-corrected chi connectivity index (χ3v) is 5.02. The smallest absolute Gasteiger partial charge is 0.293 e. The van der Waals surface area contributed by atoms with Crippen molar-refractivity contribution in [1.29, 1.82) is 0 Å². The molecule has 0 spiro atoms. The summed E-state index contributed by atoms with van der Waals surface area (Å²) in [5.74, 6) is 0.266. The molecule has 2 aromatic heterocycles. The minimum Gasteiger partial charge on any atom is -0.483 e. The van der Waals surface area contributed by atoms with Crippen LogP contribution in [0.15, 0.2) is 65.3 Å². The lowest BCUT2D eigenvalue weighted by Gasteiger charge is -2.09. The van der Waals surface area contributed by atoms with Gasteiger partial charge in [-0.05, 0) is 48.9 Å². The normalized spacial score (nSPS) is 10.7. The molecule has 0 unspecified atom stereocenters. The number of aromatic nitrogens is 1. The first-order valence-corrected chi connectivity index (χ1v) is 9.64. The van der Waals surface area contributed by atoms with Crippen LogP contribution in [0, 0.1) is 6.92 Å². The Hall–Kier alpha value is -3.65. The first kappa shape index (κ1) is 18.7. The topological polar surface area (TPSA) is 93.5 Å². The molecule has 2 aromatic carbocycles. The van der Waals surface area contributed by atoms with Crippen LogP contribution in [0.1, 0.15) is 16.1 Å². The zero-order chi connectivity index (χ0) is 20.2. The van der Waals surface area contributed by atoms with Crippen molar-refractivity contribution >= 4 is 44.2 Å². The van der Waals surface area contributed by atoms with Crippen LogP contribution >= 0.6 is 11.3 Å². The molecule has 2 amide bonds. The lowest BCUT2D eigenvalue weighted by Crippen LogP contribution is -2.20. The molecular formula is C21H17N3O4S. The highest BCUT2D eigenvalue weighted by atomic mass is 32.1. The molecular weight excluding hydrogens is 390 g/mol. The molecule has 7 nitrogen and oxygen atoms in total. The van der Waals surface area contributed by atoms with E-state index in [1.54, 1.807) is 30.3 Å². The van der Waals surface area contributed by atoms with E-state index in [9.17, 15) is 9.59 Å². The van der Waals surface area contributed by atoms with Crippen molar-refractivity contribution in [3.8, 4) is 5.75 Å². The van der Waals surface area contributed by atoms with E-state index in [1.165, 1.54) is 17.6 Å². The number of carbonyl (C=O) groups excluding carboxylic acids is 2. The Morgan fingerprint density at radius 2 is 1.97 bits per heavy atom. The molecule has 0 radical (unpaired) electrons. The third kappa shape index (κ3) is 4.44. The van der Waals surface area contributed by atoms with Crippen LogP contribution in [0.4, 0.5) is 10.8 Å². The number of thiazole rings is 1. The first-order chi connectivity index (χ1) is 14.1. The SMILES string of the molecule is Cc1ccccc1OCC(=O)Nc1ccc2nc(NC(=O)c3ccco3)sc2c1. The molecule has 0 aliphatic rings. The van der Waals surface area contributed by atoms with Crippen molar-refractivity contribution in [1.82, 2.24) is 4.98 Å². The molecule has 0 aliphatic heterocycles. The monoisotopic (exact) mass is 407 g/mol. The van der Waals surface area contributed by atoms with Gasteiger partial charge in [0.05, 0.1) is 16.5 Å². The van der Waals surface area contributed by atoms with Crippen molar-refractivity contribution < 1.29 is 18.7 Å². The summed E-state index contributed by atoms with van der Waals surface area (Å²) >= 11 is 1.31. The van der Waals surface area contributed by atoms with E-state index in [0.717, 1.165) is 15.8 Å². The lowest BCUT2D eigenvalue weighted by atomic mass is 10.2. The summed E-state index contributed by atoms with van der Waals surface area (Å²) in [6.45, 7) is 1.84. The zero-order valence-electron chi connectivity index (χ0n) is 15.5. The number of amides is 2. The minimum atomic E-state index is -0.365. The van der Waals surface area contributed by atoms with Gasteiger partial charge in [-0.1, -0.05) is 29.5 Å². The fourth-order valence-electron chi connectivity index (χ4n) is 2.68. The maximum absolute atomic E-state index is 12.2. The highest BCUT2D eigenvalue weighted by Gasteiger charge is 2.13. The molecule has 0 aliphatic carbocycles. The van der Waals surface area contributed by atoms with Crippen LogP contribution in [0.2, 0.25) is 0 Å². The number of anilines is 2. The largest absolute Gasteiger partial charge is 0.483 e. The zero-order valence-corrected chi connectivity index (χ0v) is 16.3. The van der Waals surface area contributed by atoms with E-state index in [0.29, 0.717) is 16.6 Å². The number of fused-ring (bicyclic) bond motifs is 1. The average Bonchev–Trinajstić information content (AvgIpc) is 3.36. The standard InChI is InChI=1S/C21H17N3O4S/c1-13-5-2-3-6-16(13)28-12-19(25)22-14-8-9-15-18(11-14)29-21(23-15)24-20(26)17-7-4-10-27-17/h2-11H,12H2,1H3,(H,22,25)(H,23,24,26). The number of nitrogens with zero attached hydrogens (tertiary/aromatic N) is 1. The average molecular weight is 407 g/mol. The number of rotatable bonds is 6. The second-order valence-electron chi connectivity index (χ2n) is 6.24. The van der Waals surface area contributed by atoms with Gasteiger partial charge in [0.1, 0.15) is 5.75 Å². The second kappa shape index (κ2) is 8.15. The molecule has 0 saturated heterocycles. The number of hydrogen-bond donors (Lipinski definition) is 2. The summed E-state index contributed by atoms with van der Waals surface area (Å²) in [7, 11) is 0. The van der Waals surface area contributed by atoms with Gasteiger partial charge < -0.3 is 14.5 Å². The predicted molar refractivity (Wildman–Crippen MR) is 112 cm³/mol. The number of hydrogen-bond acceptors (Lipinski definition) is 6. The molecule has 0 bridgehead atoms. The molecule has 146 valence electrons. The Morgan fingerprint density at radius 1 is 1.10 bits per heavy atom. The third-order valence-electron chi connectivity index (χ3n) is 4.09. The predicted octanol–water partition coefficient (Wildman–Crippen LogP) is 4.47. The van der Waals surface area contributed by atoms with E-state index < -0.39 is 0 Å². The van der Waals surface area contributed by atoms with E-state index in [-0.39, 0.29) is 24.2 Å². The van der Waals surface area contributed by atoms with Gasteiger partial charge in [0.15, 0.2) is 17.5 Å². The summed E-state index contributed by atoms with van der Waals surface area (Å²) in [5, 5.41) is 5.97. The number of nitrogens with one attached hydrogen (secondary N) is 2. The summed E-state index contributed by atoms with van der Waals surface area (Å²) < 4.78 is 11.5. The first-order valence-electron chi connectivity index (χ1n) is 8.82. The summed E-state index contributed by atoms with van der Waals surface area (Å²) in [4.78, 5) is 28.6. The summed E-state index contributed by atoms with van der Waals surface area (Å²) in [5.41, 5.74) is 2.32. The lowest BCUT2D eigenvalue weighted by molar-refractivity contribution is -0.118. The van der Waals surface area contributed by atoms with Crippen molar-refractivity contribution in [2.24, 2.45) is 0 Å². The minimum absolute atomic E-state index is 0.0873. The van der Waals surface area contributed by atoms with Gasteiger partial charge in [-0.2, -0.15) is 0 Å². The maximum atomic E-state index is 12.2. The molecule has 0 atom stereocenters. The van der Waals surface area contributed by atoms with Crippen LogP contribution in [0.3, 0.4) is 0 Å². The molecule has 4 rings (SSSR count). The number of aryl methyl sites for hydroxylation is 1. The Morgan fingerprint density at radius 3 is 2.76 bits per heavy atom. The highest BCUT2D eigenvalue weighted by molar-refractivity contribution is 7.22. The molecule has 2 heterocycles. The van der Waals surface area contributed by atoms with E-state index >= 15 is 0 Å². The van der Waals surface area contributed by atoms with Crippen LogP contribution in [0.25, 0.3) is 10.2 Å². The summed E-state index contributed by atoms with van der Waals surface area (Å²) in [6.07, 6.45) is 1.44. The van der Waals surface area contributed by atoms with Crippen LogP contribution in [0.5, 0.6) is 5.75 Å². The molecule has 2 N–H and O–H groups in total. The number of furan rings is 1. The van der Waals surface area contributed by atoms with E-state index in [4.69, 9.17) is 9.15 Å². The van der Waals surface area contributed by atoms with Gasteiger partial charge in [0.25, 0.3) is 11.8 Å². The molecule has 0 fully saturated rings. The van der Waals surface area contributed by atoms with Crippen LogP contribution in [-0.2, 0) is 4.79 Å². The number of carbonyl (C=O) groups is 2. The van der Waals surface area contributed by atoms with Crippen LogP contribution in [-0.4, -0.2) is 23.4 Å². The van der Waals surface area contributed by atoms with E-state index in [2.05, 4.69) is 15.6 Å². The molecule has 0 saturated carbocycles. The second-order valence-corrected chi connectivity index (χ2v) is 7.27. The van der Waals surface area contributed by atoms with Crippen molar-refractivity contribution in [2.45, 2.75) is 6.92 Å². The fraction of sp³-hybridized carbons (Fsp3) is 0.0952. The van der Waals surface area contributed by atoms with Crippen molar-refractivity contribution in [3.05, 3.63) is 72.2 Å². The molecule has 29 heavy (non-hydrogen) atoms. The van der Waals surface area contributed by atoms with Gasteiger partial charge >= 0.3 is 0 Å². The van der Waals surface area contributed by atoms with Gasteiger partial charge in [-0.3, -0.25) is 14.9 Å². The highest BCUT2D eigenvalue weighted by Crippen LogP contribution is 2.28.